The van der Waals surface area contributed by atoms with Crippen LogP contribution in [0.2, 0.25) is 5.02 Å². The minimum absolute atomic E-state index is 0.219. The third-order valence-electron chi connectivity index (χ3n) is 3.67. The lowest BCUT2D eigenvalue weighted by atomic mass is 10.3. The third-order valence-corrected chi connectivity index (χ3v) is 5.80. The molecule has 2 aromatic rings. The number of nitrogens with zero attached hydrogens (tertiary/aromatic N) is 3. The molecule has 1 aliphatic heterocycles. The molecule has 0 aliphatic carbocycles. The molecule has 1 aliphatic rings. The van der Waals surface area contributed by atoms with E-state index in [0.717, 1.165) is 0 Å². The van der Waals surface area contributed by atoms with Crippen molar-refractivity contribution in [3.63, 3.8) is 0 Å². The van der Waals surface area contributed by atoms with Gasteiger partial charge in [-0.25, -0.2) is 8.42 Å². The second kappa shape index (κ2) is 6.92. The van der Waals surface area contributed by atoms with E-state index in [0.29, 0.717) is 29.7 Å². The Kier molecular flexibility index (Phi) is 4.88. The van der Waals surface area contributed by atoms with Gasteiger partial charge in [-0.05, 0) is 30.7 Å². The summed E-state index contributed by atoms with van der Waals surface area (Å²) in [5.74, 6) is 0.729. The molecule has 1 aromatic carbocycles. The Morgan fingerprint density at radius 2 is 1.79 bits per heavy atom. The standard InChI is InChI=1S/C15H16ClN3O4S/c1-22-14-6-7-15(18-17-14)23-12-8-9-19(10-12)24(20,21)13-4-2-11(16)3-5-13/h2-7,12H,8-10H2,1H3. The highest BCUT2D eigenvalue weighted by Crippen LogP contribution is 2.24. The Morgan fingerprint density at radius 3 is 2.42 bits per heavy atom. The van der Waals surface area contributed by atoms with Gasteiger partial charge in [0.25, 0.3) is 0 Å². The maximum Gasteiger partial charge on any atom is 0.243 e. The van der Waals surface area contributed by atoms with Gasteiger partial charge in [0.05, 0.1) is 18.6 Å². The Labute approximate surface area is 145 Å². The Balaban J connectivity index is 1.66. The first-order valence-corrected chi connectivity index (χ1v) is 9.11. The van der Waals surface area contributed by atoms with Crippen molar-refractivity contribution in [1.82, 2.24) is 14.5 Å². The molecule has 9 heteroatoms. The first kappa shape index (κ1) is 16.9. The van der Waals surface area contributed by atoms with Gasteiger partial charge in [-0.3, -0.25) is 0 Å². The Bertz CT molecular complexity index is 796. The van der Waals surface area contributed by atoms with Crippen LogP contribution in [0.3, 0.4) is 0 Å². The summed E-state index contributed by atoms with van der Waals surface area (Å²) in [6.07, 6.45) is 0.315. The van der Waals surface area contributed by atoms with E-state index in [1.165, 1.54) is 23.5 Å². The molecular weight excluding hydrogens is 354 g/mol. The minimum Gasteiger partial charge on any atom is -0.480 e. The van der Waals surface area contributed by atoms with Crippen LogP contribution in [0.1, 0.15) is 6.42 Å². The number of rotatable bonds is 5. The highest BCUT2D eigenvalue weighted by Gasteiger charge is 2.33. The van der Waals surface area contributed by atoms with Gasteiger partial charge in [0.2, 0.25) is 21.8 Å². The quantitative estimate of drug-likeness (QED) is 0.801. The van der Waals surface area contributed by atoms with E-state index in [4.69, 9.17) is 21.1 Å². The van der Waals surface area contributed by atoms with Crippen molar-refractivity contribution in [3.8, 4) is 11.8 Å². The second-order valence-electron chi connectivity index (χ2n) is 5.26. The number of methoxy groups -OCH3 is 1. The molecule has 0 amide bonds. The summed E-state index contributed by atoms with van der Waals surface area (Å²) in [6, 6.07) is 9.40. The Hall–Kier alpha value is -1.90. The van der Waals surface area contributed by atoms with Crippen molar-refractivity contribution in [2.24, 2.45) is 0 Å². The summed E-state index contributed by atoms with van der Waals surface area (Å²) in [5.41, 5.74) is 0. The van der Waals surface area contributed by atoms with Gasteiger partial charge < -0.3 is 9.47 Å². The van der Waals surface area contributed by atoms with Crippen LogP contribution in [0.15, 0.2) is 41.3 Å². The lowest BCUT2D eigenvalue weighted by molar-refractivity contribution is 0.203. The molecule has 1 atom stereocenters. The molecule has 1 saturated heterocycles. The van der Waals surface area contributed by atoms with Crippen LogP contribution in [0.4, 0.5) is 0 Å². The van der Waals surface area contributed by atoms with Crippen molar-refractivity contribution >= 4 is 21.6 Å². The summed E-state index contributed by atoms with van der Waals surface area (Å²) in [4.78, 5) is 0.219. The highest BCUT2D eigenvalue weighted by molar-refractivity contribution is 7.89. The average Bonchev–Trinajstić information content (AvgIpc) is 3.05. The van der Waals surface area contributed by atoms with Crippen LogP contribution in [-0.4, -0.2) is 49.2 Å². The average molecular weight is 370 g/mol. The summed E-state index contributed by atoms with van der Waals surface area (Å²) in [5, 5.41) is 8.20. The molecule has 1 unspecified atom stereocenters. The first-order chi connectivity index (χ1) is 11.5. The largest absolute Gasteiger partial charge is 0.480 e. The van der Waals surface area contributed by atoms with Gasteiger partial charge in [-0.15, -0.1) is 10.2 Å². The summed E-state index contributed by atoms with van der Waals surface area (Å²) < 4.78 is 37.3. The number of ether oxygens (including phenoxy) is 2. The molecule has 0 saturated carbocycles. The fraction of sp³-hybridized carbons (Fsp3) is 0.333. The second-order valence-corrected chi connectivity index (χ2v) is 7.63. The molecule has 7 nitrogen and oxygen atoms in total. The molecule has 24 heavy (non-hydrogen) atoms. The normalized spacial score (nSPS) is 18.5. The van der Waals surface area contributed by atoms with Crippen LogP contribution in [-0.2, 0) is 10.0 Å². The molecule has 0 N–H and O–H groups in total. The molecule has 0 spiro atoms. The minimum atomic E-state index is -3.55. The predicted molar refractivity (Wildman–Crippen MR) is 87.8 cm³/mol. The van der Waals surface area contributed by atoms with E-state index in [1.807, 2.05) is 0 Å². The topological polar surface area (TPSA) is 81.6 Å². The predicted octanol–water partition coefficient (Wildman–Crippen LogP) is 1.98. The van der Waals surface area contributed by atoms with Crippen molar-refractivity contribution in [1.29, 1.82) is 0 Å². The molecule has 2 heterocycles. The summed E-state index contributed by atoms with van der Waals surface area (Å²) in [6.45, 7) is 0.651. The van der Waals surface area contributed by atoms with Gasteiger partial charge in [0.15, 0.2) is 0 Å². The Morgan fingerprint density at radius 1 is 1.12 bits per heavy atom. The lowest BCUT2D eigenvalue weighted by Gasteiger charge is -2.17. The maximum absolute atomic E-state index is 12.6. The van der Waals surface area contributed by atoms with Gasteiger partial charge in [-0.2, -0.15) is 4.31 Å². The molecule has 0 radical (unpaired) electrons. The molecular formula is C15H16ClN3O4S. The number of aromatic nitrogens is 2. The lowest BCUT2D eigenvalue weighted by Crippen LogP contribution is -2.31. The van der Waals surface area contributed by atoms with Crippen LogP contribution >= 0.6 is 11.6 Å². The number of halogens is 1. The van der Waals surface area contributed by atoms with E-state index in [2.05, 4.69) is 10.2 Å². The van der Waals surface area contributed by atoms with Gasteiger partial charge in [0.1, 0.15) is 6.10 Å². The van der Waals surface area contributed by atoms with Crippen LogP contribution < -0.4 is 9.47 Å². The van der Waals surface area contributed by atoms with E-state index in [-0.39, 0.29) is 17.5 Å². The van der Waals surface area contributed by atoms with Crippen molar-refractivity contribution in [2.45, 2.75) is 17.4 Å². The number of sulfonamides is 1. The molecule has 0 bridgehead atoms. The van der Waals surface area contributed by atoms with Crippen LogP contribution in [0, 0.1) is 0 Å². The van der Waals surface area contributed by atoms with Crippen LogP contribution in [0.25, 0.3) is 0 Å². The molecule has 1 aromatic heterocycles. The zero-order valence-corrected chi connectivity index (χ0v) is 14.5. The highest BCUT2D eigenvalue weighted by atomic mass is 35.5. The summed E-state index contributed by atoms with van der Waals surface area (Å²) in [7, 11) is -2.05. The van der Waals surface area contributed by atoms with E-state index in [1.54, 1.807) is 24.3 Å². The van der Waals surface area contributed by atoms with E-state index >= 15 is 0 Å². The SMILES string of the molecule is COc1ccc(OC2CCN(S(=O)(=O)c3ccc(Cl)cc3)C2)nn1. The first-order valence-electron chi connectivity index (χ1n) is 7.29. The molecule has 128 valence electrons. The number of benzene rings is 1. The number of hydrogen-bond acceptors (Lipinski definition) is 6. The van der Waals surface area contributed by atoms with Crippen LogP contribution in [0.5, 0.6) is 11.8 Å². The fourth-order valence-corrected chi connectivity index (χ4v) is 4.03. The fourth-order valence-electron chi connectivity index (χ4n) is 2.42. The van der Waals surface area contributed by atoms with Gasteiger partial charge >= 0.3 is 0 Å². The van der Waals surface area contributed by atoms with Gasteiger partial charge in [0, 0.05) is 23.7 Å². The monoisotopic (exact) mass is 369 g/mol. The maximum atomic E-state index is 12.6. The van der Waals surface area contributed by atoms with Gasteiger partial charge in [-0.1, -0.05) is 11.6 Å². The summed E-state index contributed by atoms with van der Waals surface area (Å²) >= 11 is 5.81. The van der Waals surface area contributed by atoms with Crippen molar-refractivity contribution in [3.05, 3.63) is 41.4 Å². The number of hydrogen-bond donors (Lipinski definition) is 0. The zero-order valence-electron chi connectivity index (χ0n) is 12.9. The third kappa shape index (κ3) is 3.61. The van der Waals surface area contributed by atoms with Crippen molar-refractivity contribution in [2.75, 3.05) is 20.2 Å². The molecule has 1 fully saturated rings. The smallest absolute Gasteiger partial charge is 0.243 e. The zero-order chi connectivity index (χ0) is 17.2. The van der Waals surface area contributed by atoms with Crippen molar-refractivity contribution < 1.29 is 17.9 Å². The van der Waals surface area contributed by atoms with E-state index < -0.39 is 10.0 Å². The molecule has 3 rings (SSSR count). The van der Waals surface area contributed by atoms with E-state index in [9.17, 15) is 8.42 Å².